The topological polar surface area (TPSA) is 66.5 Å². The summed E-state index contributed by atoms with van der Waals surface area (Å²) in [6, 6.07) is 8.07. The van der Waals surface area contributed by atoms with Gasteiger partial charge in [0.05, 0.1) is 11.5 Å². The number of benzene rings is 1. The minimum Gasteiger partial charge on any atom is -0.371 e. The quantitative estimate of drug-likeness (QED) is 0.916. The van der Waals surface area contributed by atoms with E-state index in [9.17, 15) is 13.2 Å². The van der Waals surface area contributed by atoms with Crippen LogP contribution in [0.15, 0.2) is 24.3 Å². The Balaban J connectivity index is 1.77. The van der Waals surface area contributed by atoms with Crippen LogP contribution in [0.25, 0.3) is 0 Å². The van der Waals surface area contributed by atoms with Crippen molar-refractivity contribution in [2.45, 2.75) is 38.1 Å². The van der Waals surface area contributed by atoms with Crippen LogP contribution in [-0.4, -0.2) is 49.4 Å². The Morgan fingerprint density at radius 2 is 1.65 bits per heavy atom. The minimum atomic E-state index is -2.97. The van der Waals surface area contributed by atoms with Crippen LogP contribution >= 0.6 is 0 Å². The van der Waals surface area contributed by atoms with Crippen molar-refractivity contribution in [3.05, 3.63) is 29.8 Å². The zero-order valence-corrected chi connectivity index (χ0v) is 14.4. The molecule has 126 valence electrons. The standard InChI is InChI=1S/C17H24N2O3S/c1-14-4-6-15(7-5-14)18-17(8-2-3-9-17)16(20)19-10-12-23(21,22)13-11-19/h4-7,18H,2-3,8-13H2,1H3. The van der Waals surface area contributed by atoms with E-state index in [1.807, 2.05) is 31.2 Å². The summed E-state index contributed by atoms with van der Waals surface area (Å²) in [5, 5.41) is 3.46. The number of nitrogens with zero attached hydrogens (tertiary/aromatic N) is 1. The predicted molar refractivity (Wildman–Crippen MR) is 91.2 cm³/mol. The summed E-state index contributed by atoms with van der Waals surface area (Å²) in [6.45, 7) is 2.67. The number of anilines is 1. The van der Waals surface area contributed by atoms with Crippen LogP contribution in [-0.2, 0) is 14.6 Å². The highest BCUT2D eigenvalue weighted by Crippen LogP contribution is 2.35. The van der Waals surface area contributed by atoms with E-state index in [2.05, 4.69) is 5.32 Å². The average Bonchev–Trinajstić information content (AvgIpc) is 2.99. The molecule has 1 aliphatic carbocycles. The second-order valence-corrected chi connectivity index (χ2v) is 9.03. The van der Waals surface area contributed by atoms with Gasteiger partial charge in [-0.25, -0.2) is 8.42 Å². The Hall–Kier alpha value is -1.56. The molecule has 0 bridgehead atoms. The highest BCUT2D eigenvalue weighted by atomic mass is 32.2. The van der Waals surface area contributed by atoms with Gasteiger partial charge in [0.25, 0.3) is 0 Å². The number of rotatable bonds is 3. The molecule has 1 aromatic rings. The minimum absolute atomic E-state index is 0.0606. The lowest BCUT2D eigenvalue weighted by molar-refractivity contribution is -0.135. The van der Waals surface area contributed by atoms with Gasteiger partial charge in [0.1, 0.15) is 5.54 Å². The van der Waals surface area contributed by atoms with Gasteiger partial charge in [0.15, 0.2) is 9.84 Å². The molecular formula is C17H24N2O3S. The number of aryl methyl sites for hydroxylation is 1. The maximum Gasteiger partial charge on any atom is 0.248 e. The fourth-order valence-corrected chi connectivity index (χ4v) is 4.70. The summed E-state index contributed by atoms with van der Waals surface area (Å²) >= 11 is 0. The third-order valence-corrected chi connectivity index (χ3v) is 6.54. The Labute approximate surface area is 138 Å². The first-order valence-corrected chi connectivity index (χ1v) is 10.1. The molecule has 1 amide bonds. The van der Waals surface area contributed by atoms with Crippen molar-refractivity contribution in [3.8, 4) is 0 Å². The molecule has 6 heteroatoms. The third kappa shape index (κ3) is 3.52. The van der Waals surface area contributed by atoms with Gasteiger partial charge in [0, 0.05) is 18.8 Å². The summed E-state index contributed by atoms with van der Waals surface area (Å²) in [7, 11) is -2.97. The second kappa shape index (κ2) is 6.15. The summed E-state index contributed by atoms with van der Waals surface area (Å²) in [6.07, 6.45) is 3.67. The molecule has 0 atom stereocenters. The van der Waals surface area contributed by atoms with Crippen molar-refractivity contribution in [1.29, 1.82) is 0 Å². The Morgan fingerprint density at radius 1 is 1.09 bits per heavy atom. The SMILES string of the molecule is Cc1ccc(NC2(C(=O)N3CCS(=O)(=O)CC3)CCCC2)cc1. The van der Waals surface area contributed by atoms with Gasteiger partial charge in [0.2, 0.25) is 5.91 Å². The summed E-state index contributed by atoms with van der Waals surface area (Å²) < 4.78 is 23.2. The maximum atomic E-state index is 13.1. The molecule has 0 unspecified atom stereocenters. The maximum absolute atomic E-state index is 13.1. The highest BCUT2D eigenvalue weighted by molar-refractivity contribution is 7.91. The van der Waals surface area contributed by atoms with Gasteiger partial charge in [-0.15, -0.1) is 0 Å². The van der Waals surface area contributed by atoms with Gasteiger partial charge in [-0.2, -0.15) is 0 Å². The van der Waals surface area contributed by atoms with Crippen LogP contribution in [0.4, 0.5) is 5.69 Å². The molecule has 23 heavy (non-hydrogen) atoms. The van der Waals surface area contributed by atoms with Gasteiger partial charge < -0.3 is 10.2 Å². The molecule has 1 saturated heterocycles. The average molecular weight is 336 g/mol. The lowest BCUT2D eigenvalue weighted by Gasteiger charge is -2.37. The fraction of sp³-hybridized carbons (Fsp3) is 0.588. The van der Waals surface area contributed by atoms with E-state index < -0.39 is 15.4 Å². The van der Waals surface area contributed by atoms with E-state index in [0.717, 1.165) is 31.4 Å². The van der Waals surface area contributed by atoms with E-state index in [0.29, 0.717) is 13.1 Å². The van der Waals surface area contributed by atoms with E-state index in [1.54, 1.807) is 4.90 Å². The third-order valence-electron chi connectivity index (χ3n) is 4.93. The molecule has 1 heterocycles. The second-order valence-electron chi connectivity index (χ2n) is 6.72. The summed E-state index contributed by atoms with van der Waals surface area (Å²) in [4.78, 5) is 14.8. The Kier molecular flexibility index (Phi) is 4.36. The van der Waals surface area contributed by atoms with Crippen LogP contribution in [0, 0.1) is 6.92 Å². The first-order valence-electron chi connectivity index (χ1n) is 8.25. The van der Waals surface area contributed by atoms with Gasteiger partial charge in [-0.3, -0.25) is 4.79 Å². The van der Waals surface area contributed by atoms with Gasteiger partial charge >= 0.3 is 0 Å². The molecule has 0 radical (unpaired) electrons. The molecule has 0 aromatic heterocycles. The number of nitrogens with one attached hydrogen (secondary N) is 1. The molecule has 1 aromatic carbocycles. The van der Waals surface area contributed by atoms with Crippen LogP contribution < -0.4 is 5.32 Å². The van der Waals surface area contributed by atoms with Crippen molar-refractivity contribution in [2.24, 2.45) is 0 Å². The lowest BCUT2D eigenvalue weighted by atomic mass is 9.94. The number of hydrogen-bond acceptors (Lipinski definition) is 4. The van der Waals surface area contributed by atoms with Gasteiger partial charge in [-0.1, -0.05) is 30.5 Å². The molecule has 5 nitrogen and oxygen atoms in total. The van der Waals surface area contributed by atoms with Crippen LogP contribution in [0.5, 0.6) is 0 Å². The van der Waals surface area contributed by atoms with Crippen molar-refractivity contribution in [2.75, 3.05) is 29.9 Å². The Bertz CT molecular complexity index is 662. The molecule has 0 spiro atoms. The smallest absolute Gasteiger partial charge is 0.248 e. The molecule has 1 saturated carbocycles. The molecule has 1 N–H and O–H groups in total. The van der Waals surface area contributed by atoms with E-state index in [-0.39, 0.29) is 17.4 Å². The summed E-state index contributed by atoms with van der Waals surface area (Å²) in [5.74, 6) is 0.226. The van der Waals surface area contributed by atoms with Crippen LogP contribution in [0.1, 0.15) is 31.2 Å². The van der Waals surface area contributed by atoms with Crippen molar-refractivity contribution in [1.82, 2.24) is 4.90 Å². The largest absolute Gasteiger partial charge is 0.371 e. The van der Waals surface area contributed by atoms with E-state index >= 15 is 0 Å². The summed E-state index contributed by atoms with van der Waals surface area (Å²) in [5.41, 5.74) is 1.56. The fourth-order valence-electron chi connectivity index (χ4n) is 3.50. The van der Waals surface area contributed by atoms with Crippen molar-refractivity contribution >= 4 is 21.4 Å². The zero-order chi connectivity index (χ0) is 16.5. The molecule has 3 rings (SSSR count). The van der Waals surface area contributed by atoms with Crippen molar-refractivity contribution < 1.29 is 13.2 Å². The van der Waals surface area contributed by atoms with E-state index in [1.165, 1.54) is 5.56 Å². The zero-order valence-electron chi connectivity index (χ0n) is 13.5. The first-order chi connectivity index (χ1) is 10.9. The van der Waals surface area contributed by atoms with E-state index in [4.69, 9.17) is 0 Å². The lowest BCUT2D eigenvalue weighted by Crippen LogP contribution is -2.56. The number of carbonyl (C=O) groups excluding carboxylic acids is 1. The molecule has 2 aliphatic rings. The molecule has 1 aliphatic heterocycles. The number of hydrogen-bond donors (Lipinski definition) is 1. The number of carbonyl (C=O) groups is 1. The number of amides is 1. The van der Waals surface area contributed by atoms with Crippen LogP contribution in [0.2, 0.25) is 0 Å². The normalized spacial score (nSPS) is 22.7. The Morgan fingerprint density at radius 3 is 2.22 bits per heavy atom. The first kappa shape index (κ1) is 16.3. The van der Waals surface area contributed by atoms with Crippen molar-refractivity contribution in [3.63, 3.8) is 0 Å². The highest BCUT2D eigenvalue weighted by Gasteiger charge is 2.44. The van der Waals surface area contributed by atoms with Gasteiger partial charge in [-0.05, 0) is 31.9 Å². The predicted octanol–water partition coefficient (Wildman–Crippen LogP) is 1.98. The molecular weight excluding hydrogens is 312 g/mol. The monoisotopic (exact) mass is 336 g/mol. The van der Waals surface area contributed by atoms with Crippen LogP contribution in [0.3, 0.4) is 0 Å². The number of sulfone groups is 1. The molecule has 2 fully saturated rings.